The predicted molar refractivity (Wildman–Crippen MR) is 472 cm³/mol. The van der Waals surface area contributed by atoms with Crippen molar-refractivity contribution in [3.63, 3.8) is 0 Å². The maximum atomic E-state index is 14.8. The number of aliphatic hydroxyl groups excluding tert-OH is 5. The van der Waals surface area contributed by atoms with Crippen molar-refractivity contribution in [1.82, 2.24) is 10.6 Å². The van der Waals surface area contributed by atoms with Gasteiger partial charge in [0.15, 0.2) is 44.3 Å². The molecule has 27 atom stereocenters. The van der Waals surface area contributed by atoms with Gasteiger partial charge in [-0.1, -0.05) is 159 Å². The average molecular weight is 2080 g/mol. The number of ether oxygens (including phenoxy) is 14. The second kappa shape index (κ2) is 42.8. The van der Waals surface area contributed by atoms with Crippen LogP contribution in [-0.4, -0.2) is 256 Å². The number of nitrogens with one attached hydrogen (secondary N) is 2. The quantitative estimate of drug-likeness (QED) is 0.0103. The maximum Gasteiger partial charge on any atom is 1.00 e. The number of rotatable bonds is 24. The van der Waals surface area contributed by atoms with Crippen molar-refractivity contribution in [2.75, 3.05) is 19.8 Å². The van der Waals surface area contributed by atoms with Gasteiger partial charge in [-0.3, -0.25) is 32.8 Å². The molecule has 4 heterocycles. The summed E-state index contributed by atoms with van der Waals surface area (Å²) >= 11 is -5.94. The standard InChI is InChI=1S/C52H73NO16Si.C45H55NO15.FH.IO4.Na.H2/c1-12-70(13-2,14-3)69-35-25-36-51(28-62-36,67-30(5)55)41-43(65-44(58)32-23-19-16-20-24-32)52(61)26-34(29(4)37(49(52,9)10)40-42(50(35,41)11)66-46(64-40)33(56)27-54)63-45(59)39(57)38(31-21-17-15-18-22-31)53-47(60)68-48(6,7)8;1-23-27(56-39(52)33(50)32(25-15-11-9-12-16-25)46-40(53)61-41(3,4)5)20-45(54)37(59-38(51)26-17-13-10-14-18-26)35-43(8,28(49)19-29-44(35,22-55-29)60-24(2)48)36-34(31(23)42(45,6)7)57-30(21-47)58-36;;2-1(3,4)5;;/h15-24,33-36,38-43,46,54,56-57,61H,12-14,25-28H2,1-11H3,(H,53,60);9-18,21,27-30,32-37,49-50,54H,19-20,22H2,1-8H3,(H,46,53);1H;;;1H/q;;;-1;+1;/t33?,34-,35-,36?,38-,39+,40+,41-,42+,43-,46?,50+,51-,52+;27-,28-,29?,30?,32-,33+,34+,35-,36+,37-,43+,44-,45+;;;;/m00..../s1. The molecule has 758 valence electrons. The van der Waals surface area contributed by atoms with Crippen LogP contribution in [-0.2, 0) is 94.7 Å². The van der Waals surface area contributed by atoms with E-state index in [0.717, 1.165) is 18.1 Å². The number of alkyl carbamates (subject to hydrolysis) is 2. The Hall–Kier alpha value is -7.45. The number of hydrogen-bond acceptors (Lipinski definition) is 35. The number of carbonyl (C=O) groups is 9. The molecule has 0 spiro atoms. The van der Waals surface area contributed by atoms with Crippen LogP contribution in [0, 0.1) is 33.5 Å². The van der Waals surface area contributed by atoms with E-state index in [2.05, 4.69) is 31.4 Å². The molecule has 4 saturated heterocycles. The van der Waals surface area contributed by atoms with E-state index in [1.54, 1.807) is 199 Å². The summed E-state index contributed by atoms with van der Waals surface area (Å²) in [5.41, 5.74) is -12.9. The Labute approximate surface area is 831 Å². The largest absolute Gasteiger partial charge is 1.00 e. The third kappa shape index (κ3) is 21.7. The minimum atomic E-state index is -5.94. The van der Waals surface area contributed by atoms with Crippen LogP contribution in [0.4, 0.5) is 14.3 Å². The van der Waals surface area contributed by atoms with Gasteiger partial charge in [0.05, 0.1) is 79.3 Å². The Morgan fingerprint density at radius 3 is 1.27 bits per heavy atom. The Bertz CT molecular complexity index is 5080. The molecule has 9 N–H and O–H groups in total. The van der Waals surface area contributed by atoms with E-state index < -0.39 is 279 Å². The SMILES string of the molecule is CC(=O)O[C@@]12COC1C[C@H](O)[C@@]1(C)[C@@H]3OC(C=O)O[C@@H]3C3=C(C)[C@@H](OC(=O)[C@H](O)[C@@H](NC(=O)OC(C)(C)C)c4ccccc4)C[C@@](O)([C@@H](OC(=O)c4ccccc4)[C@@H]12)C3(C)C.CC[Si](CC)(CC)O[C@H]1CC2OC[C@@]2(OC(C)=O)[C@H]2[C@H](OC(=O)c3ccccc3)[C@]3(O)C[C@H](OC(=O)[C@H](O)[C@@H](NC(=O)OC(C)(C)C)c4ccccc4)C(C)=C([C@H]4OC(C(O)CO)O[C@H]4[C@]12C)C3(C)C.F.[HH].[Na+].[O-][I+3]([O-])([O-])[O-]. The first-order valence-corrected chi connectivity index (χ1v) is 51.7. The number of aldehydes is 1. The zero-order chi connectivity index (χ0) is 100. The van der Waals surface area contributed by atoms with Crippen molar-refractivity contribution < 1.29 is 219 Å². The van der Waals surface area contributed by atoms with Crippen molar-refractivity contribution in [2.45, 2.75) is 325 Å². The summed E-state index contributed by atoms with van der Waals surface area (Å²) in [6.45, 7) is 31.5. The van der Waals surface area contributed by atoms with Gasteiger partial charge in [0.1, 0.15) is 97.4 Å². The molecular weight excluding hydrogens is 1950 g/mol. The smallest absolute Gasteiger partial charge is 0.456 e. The van der Waals surface area contributed by atoms with E-state index in [0.29, 0.717) is 39.7 Å². The van der Waals surface area contributed by atoms with Crippen molar-refractivity contribution >= 4 is 62.6 Å². The maximum absolute atomic E-state index is 14.8. The minimum absolute atomic E-state index is 0. The summed E-state index contributed by atoms with van der Waals surface area (Å²) in [7, 11) is -2.57. The van der Waals surface area contributed by atoms with Crippen LogP contribution in [0.3, 0.4) is 0 Å². The van der Waals surface area contributed by atoms with Gasteiger partial charge in [-0.2, -0.15) is 0 Å². The summed E-state index contributed by atoms with van der Waals surface area (Å²) in [4.78, 5) is 123. The van der Waals surface area contributed by atoms with E-state index in [9.17, 15) is 78.9 Å². The predicted octanol–water partition coefficient (Wildman–Crippen LogP) is -0.889. The van der Waals surface area contributed by atoms with Gasteiger partial charge < -0.3 is 117 Å². The van der Waals surface area contributed by atoms with Crippen LogP contribution < -0.4 is 74.0 Å². The minimum Gasteiger partial charge on any atom is -0.456 e. The molecule has 4 aromatic carbocycles. The van der Waals surface area contributed by atoms with Crippen LogP contribution in [0.5, 0.6) is 0 Å². The van der Waals surface area contributed by atoms with Gasteiger partial charge in [-0.25, -0.2) is 28.8 Å². The molecule has 4 saturated carbocycles. The third-order valence-electron chi connectivity index (χ3n) is 29.5. The van der Waals surface area contributed by atoms with Crippen LogP contribution in [0.25, 0.3) is 0 Å². The molecule has 4 aliphatic heterocycles. The Morgan fingerprint density at radius 1 is 0.558 bits per heavy atom. The summed E-state index contributed by atoms with van der Waals surface area (Å²) in [5.74, 6) is -7.87. The number of esters is 6. The van der Waals surface area contributed by atoms with E-state index in [-0.39, 0.29) is 72.9 Å². The van der Waals surface area contributed by atoms with E-state index in [1.807, 2.05) is 6.92 Å². The number of aliphatic hydroxyl groups is 7. The van der Waals surface area contributed by atoms with Crippen molar-refractivity contribution in [2.24, 2.45) is 33.5 Å². The monoisotopic (exact) mass is 2080 g/mol. The Kier molecular flexibility index (Phi) is 34.9. The molecule has 2 amide bonds. The normalized spacial score (nSPS) is 33.3. The van der Waals surface area contributed by atoms with Gasteiger partial charge in [-0.15, -0.1) is 0 Å². The fourth-order valence-corrected chi connectivity index (χ4v) is 25.5. The molecule has 0 aromatic heterocycles. The second-order valence-electron chi connectivity index (χ2n) is 40.3. The molecule has 4 aromatic rings. The Morgan fingerprint density at radius 2 is 0.920 bits per heavy atom. The first-order chi connectivity index (χ1) is 63.4. The fraction of sp³-hybridized carbons (Fsp3) is 0.619. The fourth-order valence-electron chi connectivity index (χ4n) is 22.6. The zero-order valence-electron chi connectivity index (χ0n) is 81.2. The van der Waals surface area contributed by atoms with E-state index >= 15 is 0 Å². The van der Waals surface area contributed by atoms with Crippen molar-refractivity contribution in [3.05, 3.63) is 166 Å². The van der Waals surface area contributed by atoms with Crippen LogP contribution in [0.2, 0.25) is 18.1 Å². The molecule has 5 unspecified atom stereocenters. The van der Waals surface area contributed by atoms with Gasteiger partial charge >= 0.3 is 77.6 Å². The summed E-state index contributed by atoms with van der Waals surface area (Å²) in [5, 5.41) is 90.8. The molecule has 10 aliphatic rings. The summed E-state index contributed by atoms with van der Waals surface area (Å²) in [6, 6.07) is 32.5. The Balaban J connectivity index is 0.000000293. The third-order valence-corrected chi connectivity index (χ3v) is 34.2. The molecule has 138 heavy (non-hydrogen) atoms. The topological polar surface area (TPSA) is 550 Å². The molecule has 41 heteroatoms. The number of amides is 2. The molecule has 6 aliphatic carbocycles. The number of carbonyl (C=O) groups excluding carboxylic acids is 9. The van der Waals surface area contributed by atoms with Gasteiger partial charge in [-0.05, 0) is 131 Å². The van der Waals surface area contributed by atoms with Crippen molar-refractivity contribution in [1.29, 1.82) is 0 Å². The average Bonchev–Trinajstić information content (AvgIpc) is 1.65. The number of halogens is 2. The summed E-state index contributed by atoms with van der Waals surface area (Å²) in [6.07, 6.45) is -25.0. The molecule has 4 bridgehead atoms. The zero-order valence-corrected chi connectivity index (χ0v) is 86.3. The van der Waals surface area contributed by atoms with Crippen LogP contribution >= 0.6 is 0 Å². The summed E-state index contributed by atoms with van der Waals surface area (Å²) < 4.78 is 130. The second-order valence-corrected chi connectivity index (χ2v) is 47.2. The number of fused-ring (bicyclic) bond motifs is 16. The van der Waals surface area contributed by atoms with Crippen LogP contribution in [0.1, 0.15) is 203 Å². The molecule has 8 fully saturated rings. The first-order valence-electron chi connectivity index (χ1n) is 45.7. The number of hydrogen-bond donors (Lipinski definition) is 9. The van der Waals surface area contributed by atoms with E-state index in [1.165, 1.54) is 26.0 Å². The number of benzene rings is 4. The molecule has 14 rings (SSSR count). The van der Waals surface area contributed by atoms with Gasteiger partial charge in [0.25, 0.3) is 0 Å². The van der Waals surface area contributed by atoms with Gasteiger partial charge in [0.2, 0.25) is 6.29 Å². The first kappa shape index (κ1) is 113. The van der Waals surface area contributed by atoms with Crippen molar-refractivity contribution in [3.8, 4) is 0 Å². The van der Waals surface area contributed by atoms with Crippen LogP contribution in [0.15, 0.2) is 144 Å². The molecular formula is C97H131FIN2NaO35Si. The van der Waals surface area contributed by atoms with Gasteiger partial charge in [0, 0.05) is 62.6 Å². The molecule has 37 nitrogen and oxygen atoms in total. The molecule has 0 radical (unpaired) electrons. The van der Waals surface area contributed by atoms with E-state index in [4.69, 9.17) is 84.5 Å².